The lowest BCUT2D eigenvalue weighted by Crippen LogP contribution is -2.51. The summed E-state index contributed by atoms with van der Waals surface area (Å²) >= 11 is 0. The number of nitrogens with zero attached hydrogens (tertiary/aromatic N) is 4. The summed E-state index contributed by atoms with van der Waals surface area (Å²) in [7, 11) is 3.63. The molecule has 0 unspecified atom stereocenters. The fourth-order valence-electron chi connectivity index (χ4n) is 4.83. The molecule has 4 rings (SSSR count). The van der Waals surface area contributed by atoms with Gasteiger partial charge in [0.2, 0.25) is 5.91 Å². The Morgan fingerprint density at radius 2 is 2.03 bits per heavy atom. The maximum absolute atomic E-state index is 12.9. The first-order chi connectivity index (χ1) is 14.7. The zero-order valence-electron chi connectivity index (χ0n) is 18.3. The number of amides is 1. The van der Waals surface area contributed by atoms with Crippen molar-refractivity contribution in [1.29, 1.82) is 0 Å². The predicted molar refractivity (Wildman–Crippen MR) is 118 cm³/mol. The lowest BCUT2D eigenvalue weighted by atomic mass is 9.93. The van der Waals surface area contributed by atoms with Gasteiger partial charge in [-0.1, -0.05) is 12.1 Å². The number of benzene rings is 1. The van der Waals surface area contributed by atoms with Crippen molar-refractivity contribution in [3.05, 3.63) is 24.3 Å². The van der Waals surface area contributed by atoms with E-state index in [4.69, 9.17) is 9.15 Å². The van der Waals surface area contributed by atoms with Crippen LogP contribution in [0, 0.1) is 5.92 Å². The first-order valence-electron chi connectivity index (χ1n) is 11.2. The van der Waals surface area contributed by atoms with Gasteiger partial charge in [0.1, 0.15) is 5.52 Å². The Kier molecular flexibility index (Phi) is 6.89. The summed E-state index contributed by atoms with van der Waals surface area (Å²) in [5.41, 5.74) is 1.77. The Balaban J connectivity index is 1.29. The Labute approximate surface area is 179 Å². The molecular weight excluding hydrogens is 380 g/mol. The highest BCUT2D eigenvalue weighted by Crippen LogP contribution is 2.28. The topological polar surface area (TPSA) is 62.1 Å². The second kappa shape index (κ2) is 9.79. The van der Waals surface area contributed by atoms with Crippen molar-refractivity contribution in [2.24, 2.45) is 5.92 Å². The van der Waals surface area contributed by atoms with Crippen LogP contribution in [-0.4, -0.2) is 80.2 Å². The van der Waals surface area contributed by atoms with Gasteiger partial charge in [-0.25, -0.2) is 0 Å². The highest BCUT2D eigenvalue weighted by atomic mass is 16.5. The molecule has 0 saturated carbocycles. The van der Waals surface area contributed by atoms with Crippen LogP contribution in [-0.2, 0) is 9.53 Å². The summed E-state index contributed by atoms with van der Waals surface area (Å²) in [6, 6.07) is 9.21. The molecule has 2 fully saturated rings. The molecule has 2 aliphatic heterocycles. The van der Waals surface area contributed by atoms with Gasteiger partial charge in [-0.05, 0) is 50.8 Å². The predicted octanol–water partition coefficient (Wildman–Crippen LogP) is 3.00. The number of rotatable bonds is 7. The van der Waals surface area contributed by atoms with Crippen LogP contribution in [0.2, 0.25) is 0 Å². The fourth-order valence-corrected chi connectivity index (χ4v) is 4.83. The number of para-hydroxylation sites is 2. The number of methoxy groups -OCH3 is 1. The maximum atomic E-state index is 12.9. The third kappa shape index (κ3) is 4.78. The first-order valence-corrected chi connectivity index (χ1v) is 11.2. The number of oxazole rings is 1. The molecule has 1 amide bonds. The second-order valence-corrected chi connectivity index (χ2v) is 8.62. The number of carbonyl (C=O) groups is 1. The van der Waals surface area contributed by atoms with Crippen LogP contribution in [0.1, 0.15) is 32.1 Å². The molecule has 3 heterocycles. The molecule has 0 aliphatic carbocycles. The number of hydrogen-bond donors (Lipinski definition) is 0. The first kappa shape index (κ1) is 21.1. The summed E-state index contributed by atoms with van der Waals surface area (Å²) in [6.07, 6.45) is 5.18. The van der Waals surface area contributed by atoms with E-state index >= 15 is 0 Å². The molecule has 164 valence electrons. The van der Waals surface area contributed by atoms with Gasteiger partial charge in [0.15, 0.2) is 5.58 Å². The van der Waals surface area contributed by atoms with E-state index in [1.54, 1.807) is 7.11 Å². The molecule has 0 bridgehead atoms. The van der Waals surface area contributed by atoms with Crippen molar-refractivity contribution in [3.8, 4) is 0 Å². The van der Waals surface area contributed by atoms with Crippen molar-refractivity contribution in [3.63, 3.8) is 0 Å². The number of anilines is 1. The van der Waals surface area contributed by atoms with E-state index in [1.807, 2.05) is 36.2 Å². The third-order valence-electron chi connectivity index (χ3n) is 6.55. The largest absolute Gasteiger partial charge is 0.423 e. The van der Waals surface area contributed by atoms with E-state index in [2.05, 4.69) is 14.8 Å². The van der Waals surface area contributed by atoms with Crippen LogP contribution in [0.4, 0.5) is 6.01 Å². The molecule has 2 saturated heterocycles. The molecule has 1 aromatic heterocycles. The summed E-state index contributed by atoms with van der Waals surface area (Å²) in [5, 5.41) is 0. The number of hydrogen-bond acceptors (Lipinski definition) is 6. The number of aromatic nitrogens is 1. The van der Waals surface area contributed by atoms with E-state index in [9.17, 15) is 4.79 Å². The zero-order valence-corrected chi connectivity index (χ0v) is 18.3. The van der Waals surface area contributed by atoms with Gasteiger partial charge in [-0.15, -0.1) is 0 Å². The summed E-state index contributed by atoms with van der Waals surface area (Å²) in [5.74, 6) is 0.418. The second-order valence-electron chi connectivity index (χ2n) is 8.62. The van der Waals surface area contributed by atoms with Crippen molar-refractivity contribution in [1.82, 2.24) is 14.8 Å². The smallest absolute Gasteiger partial charge is 0.298 e. The van der Waals surface area contributed by atoms with Crippen LogP contribution < -0.4 is 4.90 Å². The molecule has 1 atom stereocenters. The SMILES string of the molecule is COCCCN(C)C(=O)[C@@H]1CCCN(C2CCN(c3nc4ccccc4o3)CC2)C1. The highest BCUT2D eigenvalue weighted by Gasteiger charge is 2.33. The molecule has 7 nitrogen and oxygen atoms in total. The maximum Gasteiger partial charge on any atom is 0.298 e. The third-order valence-corrected chi connectivity index (χ3v) is 6.55. The number of carbonyl (C=O) groups excluding carboxylic acids is 1. The molecule has 2 aliphatic rings. The van der Waals surface area contributed by atoms with Gasteiger partial charge in [0, 0.05) is 53.0 Å². The molecule has 0 spiro atoms. The van der Waals surface area contributed by atoms with Gasteiger partial charge in [-0.2, -0.15) is 4.98 Å². The monoisotopic (exact) mass is 414 g/mol. The zero-order chi connectivity index (χ0) is 20.9. The van der Waals surface area contributed by atoms with Crippen molar-refractivity contribution in [2.75, 3.05) is 58.4 Å². The fraction of sp³-hybridized carbons (Fsp3) is 0.652. The summed E-state index contributed by atoms with van der Waals surface area (Å²) in [6.45, 7) is 5.36. The van der Waals surface area contributed by atoms with E-state index in [0.29, 0.717) is 18.6 Å². The average molecular weight is 415 g/mol. The van der Waals surface area contributed by atoms with E-state index in [0.717, 1.165) is 81.9 Å². The molecule has 1 aromatic carbocycles. The van der Waals surface area contributed by atoms with Crippen LogP contribution in [0.5, 0.6) is 0 Å². The van der Waals surface area contributed by atoms with Crippen LogP contribution >= 0.6 is 0 Å². The van der Waals surface area contributed by atoms with E-state index < -0.39 is 0 Å². The normalized spacial score (nSPS) is 21.3. The summed E-state index contributed by atoms with van der Waals surface area (Å²) in [4.78, 5) is 24.2. The van der Waals surface area contributed by atoms with Crippen molar-refractivity contribution in [2.45, 2.75) is 38.1 Å². The minimum absolute atomic E-state index is 0.126. The van der Waals surface area contributed by atoms with Gasteiger partial charge >= 0.3 is 0 Å². The Bertz CT molecular complexity index is 798. The minimum atomic E-state index is 0.126. The Morgan fingerprint density at radius 3 is 2.80 bits per heavy atom. The minimum Gasteiger partial charge on any atom is -0.423 e. The van der Waals surface area contributed by atoms with Gasteiger partial charge in [-0.3, -0.25) is 9.69 Å². The quantitative estimate of drug-likeness (QED) is 0.649. The van der Waals surface area contributed by atoms with Crippen LogP contribution in [0.3, 0.4) is 0 Å². The van der Waals surface area contributed by atoms with Gasteiger partial charge in [0.05, 0.1) is 5.92 Å². The Hall–Kier alpha value is -2.12. The highest BCUT2D eigenvalue weighted by molar-refractivity contribution is 5.79. The molecular formula is C23H34N4O3. The number of likely N-dealkylation sites (tertiary alicyclic amines) is 1. The number of piperidine rings is 2. The van der Waals surface area contributed by atoms with E-state index in [-0.39, 0.29) is 5.92 Å². The lowest BCUT2D eigenvalue weighted by Gasteiger charge is -2.42. The van der Waals surface area contributed by atoms with Crippen LogP contribution in [0.15, 0.2) is 28.7 Å². The Morgan fingerprint density at radius 1 is 1.23 bits per heavy atom. The molecule has 30 heavy (non-hydrogen) atoms. The summed E-state index contributed by atoms with van der Waals surface area (Å²) < 4.78 is 11.1. The number of ether oxygens (including phenoxy) is 1. The van der Waals surface area contributed by atoms with Crippen molar-refractivity contribution >= 4 is 23.0 Å². The van der Waals surface area contributed by atoms with Crippen molar-refractivity contribution < 1.29 is 13.9 Å². The van der Waals surface area contributed by atoms with Gasteiger partial charge < -0.3 is 19.0 Å². The van der Waals surface area contributed by atoms with Gasteiger partial charge in [0.25, 0.3) is 6.01 Å². The van der Waals surface area contributed by atoms with E-state index in [1.165, 1.54) is 0 Å². The lowest BCUT2D eigenvalue weighted by molar-refractivity contribution is -0.136. The molecule has 0 N–H and O–H groups in total. The standard InChI is InChI=1S/C23H34N4O3/c1-25(12-6-16-29-2)22(28)18-7-5-13-27(17-18)19-10-14-26(15-11-19)23-24-20-8-3-4-9-21(20)30-23/h3-4,8-9,18-19H,5-7,10-17H2,1-2H3/t18-/m1/s1. The average Bonchev–Trinajstić information content (AvgIpc) is 3.23. The van der Waals surface area contributed by atoms with Crippen LogP contribution in [0.25, 0.3) is 11.1 Å². The molecule has 2 aromatic rings. The molecule has 7 heteroatoms. The molecule has 0 radical (unpaired) electrons. The number of fused-ring (bicyclic) bond motifs is 1.